The Bertz CT molecular complexity index is 943. The predicted molar refractivity (Wildman–Crippen MR) is 111 cm³/mol. The van der Waals surface area contributed by atoms with E-state index in [4.69, 9.17) is 4.74 Å². The van der Waals surface area contributed by atoms with Crippen molar-refractivity contribution >= 4 is 16.7 Å². The van der Waals surface area contributed by atoms with E-state index >= 15 is 0 Å². The molecular weight excluding hydrogens is 334 g/mol. The van der Waals surface area contributed by atoms with Crippen molar-refractivity contribution in [3.8, 4) is 5.75 Å². The molecule has 0 aliphatic rings. The maximum atomic E-state index is 12.8. The zero-order valence-corrected chi connectivity index (χ0v) is 16.5. The molecule has 3 aromatic carbocycles. The van der Waals surface area contributed by atoms with Gasteiger partial charge in [-0.25, -0.2) is 0 Å². The SMILES string of the molecule is CC[C@@H](Oc1cccc2ccccc12)C(=O)N[C@@H](C)c1ccc(C)c(C)c1. The van der Waals surface area contributed by atoms with Gasteiger partial charge in [0.15, 0.2) is 6.10 Å². The summed E-state index contributed by atoms with van der Waals surface area (Å²) in [7, 11) is 0. The first-order valence-corrected chi connectivity index (χ1v) is 9.51. The minimum atomic E-state index is -0.523. The Morgan fingerprint density at radius 1 is 1.00 bits per heavy atom. The Labute approximate surface area is 161 Å². The quantitative estimate of drug-likeness (QED) is 0.630. The molecule has 0 aromatic heterocycles. The summed E-state index contributed by atoms with van der Waals surface area (Å²) in [5.41, 5.74) is 3.59. The Hall–Kier alpha value is -2.81. The monoisotopic (exact) mass is 361 g/mol. The molecule has 2 atom stereocenters. The molecule has 0 radical (unpaired) electrons. The molecular formula is C24H27NO2. The lowest BCUT2D eigenvalue weighted by molar-refractivity contribution is -0.128. The fraction of sp³-hybridized carbons (Fsp3) is 0.292. The van der Waals surface area contributed by atoms with Crippen LogP contribution in [0.3, 0.4) is 0 Å². The molecule has 3 nitrogen and oxygen atoms in total. The molecule has 3 rings (SSSR count). The van der Waals surface area contributed by atoms with Crippen molar-refractivity contribution in [2.45, 2.75) is 46.3 Å². The van der Waals surface area contributed by atoms with Crippen molar-refractivity contribution in [3.05, 3.63) is 77.4 Å². The van der Waals surface area contributed by atoms with Gasteiger partial charge in [0.25, 0.3) is 5.91 Å². The van der Waals surface area contributed by atoms with Crippen LogP contribution in [-0.2, 0) is 4.79 Å². The Balaban J connectivity index is 1.74. The van der Waals surface area contributed by atoms with Crippen molar-refractivity contribution in [2.24, 2.45) is 0 Å². The smallest absolute Gasteiger partial charge is 0.261 e. The molecule has 0 unspecified atom stereocenters. The number of carbonyl (C=O) groups excluding carboxylic acids is 1. The molecule has 1 N–H and O–H groups in total. The van der Waals surface area contributed by atoms with Gasteiger partial charge < -0.3 is 10.1 Å². The summed E-state index contributed by atoms with van der Waals surface area (Å²) in [5.74, 6) is 0.657. The Kier molecular flexibility index (Phi) is 5.80. The molecule has 140 valence electrons. The number of amides is 1. The molecule has 3 heteroatoms. The number of nitrogens with one attached hydrogen (secondary N) is 1. The highest BCUT2D eigenvalue weighted by Crippen LogP contribution is 2.27. The van der Waals surface area contributed by atoms with Gasteiger partial charge in [-0.15, -0.1) is 0 Å². The predicted octanol–water partition coefficient (Wildman–Crippen LogP) is 5.49. The summed E-state index contributed by atoms with van der Waals surface area (Å²) in [4.78, 5) is 12.8. The number of aryl methyl sites for hydroxylation is 2. The molecule has 0 spiro atoms. The maximum absolute atomic E-state index is 12.8. The number of fused-ring (bicyclic) bond motifs is 1. The molecule has 0 aliphatic heterocycles. The van der Waals surface area contributed by atoms with Gasteiger partial charge in [0, 0.05) is 5.39 Å². The summed E-state index contributed by atoms with van der Waals surface area (Å²) in [6.07, 6.45) is 0.0825. The summed E-state index contributed by atoms with van der Waals surface area (Å²) < 4.78 is 6.11. The van der Waals surface area contributed by atoms with Crippen LogP contribution in [-0.4, -0.2) is 12.0 Å². The van der Waals surface area contributed by atoms with Gasteiger partial charge in [-0.2, -0.15) is 0 Å². The molecule has 0 saturated heterocycles. The van der Waals surface area contributed by atoms with Crippen LogP contribution in [0, 0.1) is 13.8 Å². The van der Waals surface area contributed by atoms with E-state index in [0.717, 1.165) is 22.1 Å². The highest BCUT2D eigenvalue weighted by atomic mass is 16.5. The highest BCUT2D eigenvalue weighted by Gasteiger charge is 2.21. The van der Waals surface area contributed by atoms with Crippen LogP contribution in [0.25, 0.3) is 10.8 Å². The molecule has 27 heavy (non-hydrogen) atoms. The maximum Gasteiger partial charge on any atom is 0.261 e. The van der Waals surface area contributed by atoms with E-state index in [9.17, 15) is 4.79 Å². The highest BCUT2D eigenvalue weighted by molar-refractivity contribution is 5.89. The fourth-order valence-corrected chi connectivity index (χ4v) is 3.20. The largest absolute Gasteiger partial charge is 0.480 e. The lowest BCUT2D eigenvalue weighted by Crippen LogP contribution is -2.39. The molecule has 0 heterocycles. The third kappa shape index (κ3) is 4.30. The van der Waals surface area contributed by atoms with Crippen LogP contribution in [0.2, 0.25) is 0 Å². The van der Waals surface area contributed by atoms with Crippen molar-refractivity contribution in [2.75, 3.05) is 0 Å². The Morgan fingerprint density at radius 3 is 2.48 bits per heavy atom. The lowest BCUT2D eigenvalue weighted by atomic mass is 10.0. The van der Waals surface area contributed by atoms with Gasteiger partial charge in [-0.05, 0) is 55.3 Å². The van der Waals surface area contributed by atoms with Gasteiger partial charge in [0.2, 0.25) is 0 Å². The third-order valence-electron chi connectivity index (χ3n) is 5.07. The van der Waals surface area contributed by atoms with Crippen LogP contribution in [0.15, 0.2) is 60.7 Å². The normalized spacial score (nSPS) is 13.2. The van der Waals surface area contributed by atoms with Gasteiger partial charge in [-0.1, -0.05) is 61.5 Å². The van der Waals surface area contributed by atoms with E-state index in [1.165, 1.54) is 11.1 Å². The first kappa shape index (κ1) is 19.0. The third-order valence-corrected chi connectivity index (χ3v) is 5.07. The average molecular weight is 361 g/mol. The average Bonchev–Trinajstić information content (AvgIpc) is 2.68. The van der Waals surface area contributed by atoms with Crippen molar-refractivity contribution in [3.63, 3.8) is 0 Å². The summed E-state index contributed by atoms with van der Waals surface area (Å²) in [6, 6.07) is 20.2. The fourth-order valence-electron chi connectivity index (χ4n) is 3.20. The zero-order valence-electron chi connectivity index (χ0n) is 16.5. The number of benzene rings is 3. The van der Waals surface area contributed by atoms with Crippen LogP contribution in [0.1, 0.15) is 43.0 Å². The van der Waals surface area contributed by atoms with E-state index in [-0.39, 0.29) is 11.9 Å². The number of ether oxygens (including phenoxy) is 1. The summed E-state index contributed by atoms with van der Waals surface area (Å²) in [5, 5.41) is 5.23. The van der Waals surface area contributed by atoms with Gasteiger partial charge >= 0.3 is 0 Å². The molecule has 0 aliphatic carbocycles. The zero-order chi connectivity index (χ0) is 19.4. The lowest BCUT2D eigenvalue weighted by Gasteiger charge is -2.22. The van der Waals surface area contributed by atoms with Crippen LogP contribution >= 0.6 is 0 Å². The molecule has 0 fully saturated rings. The first-order chi connectivity index (χ1) is 13.0. The van der Waals surface area contributed by atoms with E-state index in [2.05, 4.69) is 37.4 Å². The van der Waals surface area contributed by atoms with Gasteiger partial charge in [0.05, 0.1) is 6.04 Å². The van der Waals surface area contributed by atoms with Crippen LogP contribution in [0.5, 0.6) is 5.75 Å². The van der Waals surface area contributed by atoms with E-state index < -0.39 is 6.10 Å². The second kappa shape index (κ2) is 8.26. The Morgan fingerprint density at radius 2 is 1.74 bits per heavy atom. The van der Waals surface area contributed by atoms with E-state index in [1.807, 2.05) is 56.3 Å². The van der Waals surface area contributed by atoms with Crippen molar-refractivity contribution in [1.29, 1.82) is 0 Å². The second-order valence-corrected chi connectivity index (χ2v) is 7.07. The summed E-state index contributed by atoms with van der Waals surface area (Å²) >= 11 is 0. The molecule has 0 bridgehead atoms. The molecule has 3 aromatic rings. The van der Waals surface area contributed by atoms with Crippen molar-refractivity contribution < 1.29 is 9.53 Å². The van der Waals surface area contributed by atoms with Crippen LogP contribution < -0.4 is 10.1 Å². The van der Waals surface area contributed by atoms with Crippen molar-refractivity contribution in [1.82, 2.24) is 5.32 Å². The number of hydrogen-bond donors (Lipinski definition) is 1. The number of hydrogen-bond acceptors (Lipinski definition) is 2. The molecule has 1 amide bonds. The van der Waals surface area contributed by atoms with Gasteiger partial charge in [-0.3, -0.25) is 4.79 Å². The summed E-state index contributed by atoms with van der Waals surface area (Å²) in [6.45, 7) is 8.15. The minimum absolute atomic E-state index is 0.0676. The second-order valence-electron chi connectivity index (χ2n) is 7.07. The number of carbonyl (C=O) groups is 1. The standard InChI is InChI=1S/C24H27NO2/c1-5-22(27-23-12-8-10-19-9-6-7-11-21(19)23)24(26)25-18(4)20-14-13-16(2)17(3)15-20/h6-15,18,22H,5H2,1-4H3,(H,25,26)/t18-,22+/m0/s1. The van der Waals surface area contributed by atoms with E-state index in [0.29, 0.717) is 6.42 Å². The number of rotatable bonds is 6. The van der Waals surface area contributed by atoms with Crippen LogP contribution in [0.4, 0.5) is 0 Å². The first-order valence-electron chi connectivity index (χ1n) is 9.51. The molecule has 0 saturated carbocycles. The van der Waals surface area contributed by atoms with E-state index in [1.54, 1.807) is 0 Å². The minimum Gasteiger partial charge on any atom is -0.480 e. The topological polar surface area (TPSA) is 38.3 Å². The van der Waals surface area contributed by atoms with Gasteiger partial charge in [0.1, 0.15) is 5.75 Å².